The summed E-state index contributed by atoms with van der Waals surface area (Å²) in [5.41, 5.74) is 4.11. The Kier molecular flexibility index (Phi) is 6.86. The number of carbonyl (C=O) groups excluding carboxylic acids is 1. The van der Waals surface area contributed by atoms with Crippen LogP contribution in [0.4, 0.5) is 0 Å². The van der Waals surface area contributed by atoms with Crippen molar-refractivity contribution in [2.24, 2.45) is 5.92 Å². The summed E-state index contributed by atoms with van der Waals surface area (Å²) in [6.07, 6.45) is 8.45. The van der Waals surface area contributed by atoms with Gasteiger partial charge in [-0.05, 0) is 63.1 Å². The van der Waals surface area contributed by atoms with Crippen molar-refractivity contribution in [3.8, 4) is 11.5 Å². The molecule has 3 nitrogen and oxygen atoms in total. The van der Waals surface area contributed by atoms with Crippen molar-refractivity contribution in [3.63, 3.8) is 0 Å². The van der Waals surface area contributed by atoms with Crippen LogP contribution in [0.1, 0.15) is 69.9 Å². The molecule has 1 aliphatic carbocycles. The minimum absolute atomic E-state index is 0.00843. The van der Waals surface area contributed by atoms with E-state index in [4.69, 9.17) is 4.74 Å². The standard InChI is InChI=1S/C22H30O3/c1-5-6-7-8-17-12-20(24)22(21(13-17)25-14-23)19-11-16(4)9-10-18(19)15(2)3/h11-14,18-19,24H,2,5-10H2,1,3-4H3/t18?,19-/m1/s1. The average Bonchev–Trinajstić information content (AvgIpc) is 2.55. The summed E-state index contributed by atoms with van der Waals surface area (Å²) in [6, 6.07) is 3.74. The van der Waals surface area contributed by atoms with E-state index in [0.29, 0.717) is 17.8 Å². The molecule has 0 fully saturated rings. The molecule has 1 aliphatic rings. The van der Waals surface area contributed by atoms with Gasteiger partial charge < -0.3 is 9.84 Å². The molecule has 25 heavy (non-hydrogen) atoms. The Labute approximate surface area is 151 Å². The van der Waals surface area contributed by atoms with Crippen LogP contribution in [0.15, 0.2) is 35.9 Å². The molecule has 2 atom stereocenters. The van der Waals surface area contributed by atoms with Crippen molar-refractivity contribution in [2.45, 2.75) is 65.2 Å². The number of phenolic OH excluding ortho intramolecular Hbond substituents is 1. The first-order valence-electron chi connectivity index (χ1n) is 9.26. The smallest absolute Gasteiger partial charge is 0.298 e. The van der Waals surface area contributed by atoms with Crippen LogP contribution in [0.3, 0.4) is 0 Å². The number of benzene rings is 1. The fourth-order valence-electron chi connectivity index (χ4n) is 3.78. The first kappa shape index (κ1) is 19.3. The van der Waals surface area contributed by atoms with Crippen molar-refractivity contribution < 1.29 is 14.6 Å². The quantitative estimate of drug-likeness (QED) is 0.376. The Bertz CT molecular complexity index is 657. The molecular formula is C22H30O3. The van der Waals surface area contributed by atoms with E-state index < -0.39 is 0 Å². The molecular weight excluding hydrogens is 312 g/mol. The predicted molar refractivity (Wildman–Crippen MR) is 102 cm³/mol. The molecule has 1 N–H and O–H groups in total. The molecule has 0 saturated carbocycles. The fraction of sp³-hybridized carbons (Fsp3) is 0.500. The third kappa shape index (κ3) is 4.75. The highest BCUT2D eigenvalue weighted by Gasteiger charge is 2.30. The minimum Gasteiger partial charge on any atom is -0.507 e. The number of unbranched alkanes of at least 4 members (excludes halogenated alkanes) is 2. The SMILES string of the molecule is C=C(C)C1CCC(C)=C[C@H]1c1c(O)cc(CCCCC)cc1OC=O. The average molecular weight is 342 g/mol. The molecule has 0 heterocycles. The van der Waals surface area contributed by atoms with Crippen molar-refractivity contribution >= 4 is 6.47 Å². The fourth-order valence-corrected chi connectivity index (χ4v) is 3.78. The van der Waals surface area contributed by atoms with Gasteiger partial charge in [-0.15, -0.1) is 0 Å². The highest BCUT2D eigenvalue weighted by atomic mass is 16.5. The molecule has 1 unspecified atom stereocenters. The van der Waals surface area contributed by atoms with Crippen LogP contribution in [-0.4, -0.2) is 11.6 Å². The van der Waals surface area contributed by atoms with E-state index in [1.165, 1.54) is 5.57 Å². The van der Waals surface area contributed by atoms with Gasteiger partial charge in [-0.1, -0.05) is 43.6 Å². The summed E-state index contributed by atoms with van der Waals surface area (Å²) in [5.74, 6) is 0.928. The molecule has 0 radical (unpaired) electrons. The monoisotopic (exact) mass is 342 g/mol. The van der Waals surface area contributed by atoms with Gasteiger partial charge >= 0.3 is 0 Å². The van der Waals surface area contributed by atoms with E-state index in [-0.39, 0.29) is 17.6 Å². The number of phenols is 1. The van der Waals surface area contributed by atoms with E-state index in [9.17, 15) is 9.90 Å². The first-order chi connectivity index (χ1) is 12.0. The number of ether oxygens (including phenoxy) is 1. The van der Waals surface area contributed by atoms with Gasteiger partial charge in [0.2, 0.25) is 0 Å². The number of rotatable bonds is 8. The molecule has 0 saturated heterocycles. The highest BCUT2D eigenvalue weighted by Crippen LogP contribution is 2.46. The molecule has 0 aromatic heterocycles. The second-order valence-corrected chi connectivity index (χ2v) is 7.23. The van der Waals surface area contributed by atoms with E-state index >= 15 is 0 Å². The number of carbonyl (C=O) groups is 1. The van der Waals surface area contributed by atoms with E-state index in [1.54, 1.807) is 0 Å². The van der Waals surface area contributed by atoms with Crippen LogP contribution >= 0.6 is 0 Å². The lowest BCUT2D eigenvalue weighted by Crippen LogP contribution is -2.18. The maximum absolute atomic E-state index is 11.0. The molecule has 0 spiro atoms. The Morgan fingerprint density at radius 3 is 2.80 bits per heavy atom. The lowest BCUT2D eigenvalue weighted by molar-refractivity contribution is -0.120. The predicted octanol–water partition coefficient (Wildman–Crippen LogP) is 5.68. The molecule has 136 valence electrons. The maximum atomic E-state index is 11.0. The Hall–Kier alpha value is -2.03. The number of hydrogen-bond acceptors (Lipinski definition) is 3. The van der Waals surface area contributed by atoms with Crippen LogP contribution in [0.2, 0.25) is 0 Å². The maximum Gasteiger partial charge on any atom is 0.298 e. The Balaban J connectivity index is 2.45. The largest absolute Gasteiger partial charge is 0.507 e. The zero-order valence-corrected chi connectivity index (χ0v) is 15.7. The van der Waals surface area contributed by atoms with Gasteiger partial charge in [-0.25, -0.2) is 0 Å². The summed E-state index contributed by atoms with van der Waals surface area (Å²) in [4.78, 5) is 11.0. The van der Waals surface area contributed by atoms with Crippen LogP contribution in [0, 0.1) is 5.92 Å². The summed E-state index contributed by atoms with van der Waals surface area (Å²) in [5, 5.41) is 10.7. The lowest BCUT2D eigenvalue weighted by atomic mass is 9.73. The van der Waals surface area contributed by atoms with Gasteiger partial charge in [-0.2, -0.15) is 0 Å². The normalized spacial score (nSPS) is 20.0. The molecule has 2 rings (SSSR count). The Morgan fingerprint density at radius 2 is 2.16 bits per heavy atom. The molecule has 0 bridgehead atoms. The third-order valence-corrected chi connectivity index (χ3v) is 5.14. The van der Waals surface area contributed by atoms with Crippen LogP contribution < -0.4 is 4.74 Å². The van der Waals surface area contributed by atoms with Crippen LogP contribution in [0.25, 0.3) is 0 Å². The van der Waals surface area contributed by atoms with Gasteiger partial charge in [0, 0.05) is 11.5 Å². The van der Waals surface area contributed by atoms with E-state index in [1.807, 2.05) is 19.1 Å². The molecule has 1 aromatic carbocycles. The van der Waals surface area contributed by atoms with Crippen LogP contribution in [-0.2, 0) is 11.2 Å². The van der Waals surface area contributed by atoms with Crippen molar-refractivity contribution in [1.82, 2.24) is 0 Å². The summed E-state index contributed by atoms with van der Waals surface area (Å²) >= 11 is 0. The zero-order chi connectivity index (χ0) is 18.4. The van der Waals surface area contributed by atoms with Crippen LogP contribution in [0.5, 0.6) is 11.5 Å². The van der Waals surface area contributed by atoms with E-state index in [0.717, 1.165) is 49.7 Å². The number of aromatic hydroxyl groups is 1. The molecule has 0 amide bonds. The molecule has 3 heteroatoms. The number of allylic oxidation sites excluding steroid dienone is 3. The summed E-state index contributed by atoms with van der Waals surface area (Å²) in [7, 11) is 0. The topological polar surface area (TPSA) is 46.5 Å². The third-order valence-electron chi connectivity index (χ3n) is 5.14. The minimum atomic E-state index is -0.00843. The second kappa shape index (κ2) is 8.89. The van der Waals surface area contributed by atoms with Gasteiger partial charge in [0.15, 0.2) is 0 Å². The summed E-state index contributed by atoms with van der Waals surface area (Å²) in [6.45, 7) is 10.9. The Morgan fingerprint density at radius 1 is 1.40 bits per heavy atom. The van der Waals surface area contributed by atoms with Gasteiger partial charge in [-0.3, -0.25) is 4.79 Å². The molecule has 0 aliphatic heterocycles. The zero-order valence-electron chi connectivity index (χ0n) is 15.7. The van der Waals surface area contributed by atoms with Gasteiger partial charge in [0.1, 0.15) is 11.5 Å². The number of hydrogen-bond donors (Lipinski definition) is 1. The summed E-state index contributed by atoms with van der Waals surface area (Å²) < 4.78 is 5.28. The highest BCUT2D eigenvalue weighted by molar-refractivity contribution is 5.57. The van der Waals surface area contributed by atoms with Gasteiger partial charge in [0.25, 0.3) is 6.47 Å². The number of aryl methyl sites for hydroxylation is 1. The van der Waals surface area contributed by atoms with Crippen molar-refractivity contribution in [1.29, 1.82) is 0 Å². The second-order valence-electron chi connectivity index (χ2n) is 7.23. The van der Waals surface area contributed by atoms with Crippen molar-refractivity contribution in [2.75, 3.05) is 0 Å². The lowest BCUT2D eigenvalue weighted by Gasteiger charge is -2.31. The first-order valence-corrected chi connectivity index (χ1v) is 9.26. The van der Waals surface area contributed by atoms with Gasteiger partial charge in [0.05, 0.1) is 0 Å². The van der Waals surface area contributed by atoms with E-state index in [2.05, 4.69) is 26.5 Å². The molecule has 1 aromatic rings. The van der Waals surface area contributed by atoms with Crippen molar-refractivity contribution in [3.05, 3.63) is 47.1 Å².